The fraction of sp³-hybridized carbons (Fsp3) is 1.00. The van der Waals surface area contributed by atoms with Gasteiger partial charge in [-0.1, -0.05) is 33.1 Å². The van der Waals surface area contributed by atoms with E-state index in [4.69, 9.17) is 0 Å². The van der Waals surface area contributed by atoms with Crippen molar-refractivity contribution in [3.05, 3.63) is 0 Å². The summed E-state index contributed by atoms with van der Waals surface area (Å²) in [6.07, 6.45) is 9.01. The van der Waals surface area contributed by atoms with E-state index in [1.54, 1.807) is 0 Å². The minimum Gasteiger partial charge on any atom is -0.393 e. The van der Waals surface area contributed by atoms with Crippen LogP contribution in [0, 0.1) is 17.3 Å². The van der Waals surface area contributed by atoms with Gasteiger partial charge in [0.2, 0.25) is 0 Å². The maximum absolute atomic E-state index is 10.2. The highest BCUT2D eigenvalue weighted by Gasteiger charge is 2.39. The number of rotatable bonds is 4. The molecule has 0 radical (unpaired) electrons. The van der Waals surface area contributed by atoms with Gasteiger partial charge in [0.1, 0.15) is 0 Å². The first-order valence-electron chi connectivity index (χ1n) is 6.28. The van der Waals surface area contributed by atoms with Crippen molar-refractivity contribution in [1.29, 1.82) is 0 Å². The van der Waals surface area contributed by atoms with Crippen molar-refractivity contribution in [2.45, 2.75) is 64.9 Å². The monoisotopic (exact) mass is 196 g/mol. The smallest absolute Gasteiger partial charge is 0.0573 e. The van der Waals surface area contributed by atoms with Crippen molar-refractivity contribution in [2.75, 3.05) is 0 Å². The standard InChI is InChI=1S/C13H24O/c1-13(2)9-3-4-11(13)12(14)8-7-10-5-6-10/h10-12,14H,3-9H2,1-2H3. The van der Waals surface area contributed by atoms with E-state index < -0.39 is 0 Å². The highest BCUT2D eigenvalue weighted by atomic mass is 16.3. The summed E-state index contributed by atoms with van der Waals surface area (Å²) in [4.78, 5) is 0. The number of hydrogen-bond acceptors (Lipinski definition) is 1. The molecule has 14 heavy (non-hydrogen) atoms. The molecule has 1 N–H and O–H groups in total. The van der Waals surface area contributed by atoms with Crippen LogP contribution in [-0.2, 0) is 0 Å². The van der Waals surface area contributed by atoms with E-state index in [1.807, 2.05) is 0 Å². The average Bonchev–Trinajstić information content (AvgIpc) is 2.86. The molecule has 0 saturated heterocycles. The topological polar surface area (TPSA) is 20.2 Å². The number of hydrogen-bond donors (Lipinski definition) is 1. The van der Waals surface area contributed by atoms with Crippen LogP contribution < -0.4 is 0 Å². The van der Waals surface area contributed by atoms with E-state index in [9.17, 15) is 5.11 Å². The minimum absolute atomic E-state index is 0.0203. The molecule has 1 heteroatoms. The second-order valence-electron chi connectivity index (χ2n) is 6.08. The molecule has 2 aliphatic carbocycles. The van der Waals surface area contributed by atoms with E-state index >= 15 is 0 Å². The van der Waals surface area contributed by atoms with Crippen LogP contribution >= 0.6 is 0 Å². The first kappa shape index (κ1) is 10.5. The van der Waals surface area contributed by atoms with Gasteiger partial charge in [0.05, 0.1) is 6.10 Å². The van der Waals surface area contributed by atoms with Crippen molar-refractivity contribution in [2.24, 2.45) is 17.3 Å². The maximum Gasteiger partial charge on any atom is 0.0573 e. The summed E-state index contributed by atoms with van der Waals surface area (Å²) in [5, 5.41) is 10.2. The molecule has 2 atom stereocenters. The molecule has 82 valence electrons. The van der Waals surface area contributed by atoms with Crippen molar-refractivity contribution in [1.82, 2.24) is 0 Å². The Bertz CT molecular complexity index is 193. The molecule has 0 aromatic heterocycles. The molecule has 0 amide bonds. The van der Waals surface area contributed by atoms with Crippen molar-refractivity contribution in [3.8, 4) is 0 Å². The van der Waals surface area contributed by atoms with Gasteiger partial charge in [0.15, 0.2) is 0 Å². The van der Waals surface area contributed by atoms with E-state index in [-0.39, 0.29) is 6.10 Å². The third-order valence-electron chi connectivity index (χ3n) is 4.37. The molecule has 0 heterocycles. The second kappa shape index (κ2) is 3.84. The van der Waals surface area contributed by atoms with Gasteiger partial charge >= 0.3 is 0 Å². The van der Waals surface area contributed by atoms with Crippen LogP contribution in [0.4, 0.5) is 0 Å². The van der Waals surface area contributed by atoms with Crippen LogP contribution in [0.5, 0.6) is 0 Å². The summed E-state index contributed by atoms with van der Waals surface area (Å²) in [5.74, 6) is 1.54. The Balaban J connectivity index is 1.80. The van der Waals surface area contributed by atoms with Crippen LogP contribution in [0.3, 0.4) is 0 Å². The normalized spacial score (nSPS) is 33.2. The zero-order valence-electron chi connectivity index (χ0n) is 9.63. The molecule has 2 rings (SSSR count). The zero-order chi connectivity index (χ0) is 10.2. The molecule has 2 saturated carbocycles. The lowest BCUT2D eigenvalue weighted by atomic mass is 9.77. The van der Waals surface area contributed by atoms with E-state index in [0.29, 0.717) is 11.3 Å². The van der Waals surface area contributed by atoms with E-state index in [0.717, 1.165) is 12.3 Å². The molecular weight excluding hydrogens is 172 g/mol. The van der Waals surface area contributed by atoms with Crippen LogP contribution in [-0.4, -0.2) is 11.2 Å². The summed E-state index contributed by atoms with van der Waals surface area (Å²) in [6, 6.07) is 0. The fourth-order valence-electron chi connectivity index (χ4n) is 3.08. The predicted molar refractivity (Wildman–Crippen MR) is 59.1 cm³/mol. The lowest BCUT2D eigenvalue weighted by Crippen LogP contribution is -2.29. The SMILES string of the molecule is CC1(C)CCCC1C(O)CCC1CC1. The molecule has 0 bridgehead atoms. The largest absolute Gasteiger partial charge is 0.393 e. The molecular formula is C13H24O. The molecule has 0 aromatic carbocycles. The predicted octanol–water partition coefficient (Wildman–Crippen LogP) is 3.36. The summed E-state index contributed by atoms with van der Waals surface area (Å²) < 4.78 is 0. The molecule has 2 unspecified atom stereocenters. The van der Waals surface area contributed by atoms with Gasteiger partial charge in [-0.25, -0.2) is 0 Å². The van der Waals surface area contributed by atoms with Gasteiger partial charge in [0.25, 0.3) is 0 Å². The lowest BCUT2D eigenvalue weighted by molar-refractivity contribution is 0.0449. The maximum atomic E-state index is 10.2. The van der Waals surface area contributed by atoms with Crippen LogP contribution in [0.25, 0.3) is 0 Å². The second-order valence-corrected chi connectivity index (χ2v) is 6.08. The summed E-state index contributed by atoms with van der Waals surface area (Å²) >= 11 is 0. The van der Waals surface area contributed by atoms with Gasteiger partial charge in [0, 0.05) is 0 Å². The Hall–Kier alpha value is -0.0400. The Kier molecular flexibility index (Phi) is 2.88. The van der Waals surface area contributed by atoms with Gasteiger partial charge in [-0.05, 0) is 42.9 Å². The zero-order valence-corrected chi connectivity index (χ0v) is 9.63. The molecule has 0 aromatic rings. The number of aliphatic hydroxyl groups excluding tert-OH is 1. The quantitative estimate of drug-likeness (QED) is 0.731. The Labute approximate surface area is 87.9 Å². The minimum atomic E-state index is -0.0203. The van der Waals surface area contributed by atoms with Crippen LogP contribution in [0.2, 0.25) is 0 Å². The van der Waals surface area contributed by atoms with Crippen molar-refractivity contribution >= 4 is 0 Å². The highest BCUT2D eigenvalue weighted by Crippen LogP contribution is 2.46. The van der Waals surface area contributed by atoms with Gasteiger partial charge in [-0.3, -0.25) is 0 Å². The van der Waals surface area contributed by atoms with Crippen LogP contribution in [0.15, 0.2) is 0 Å². The third kappa shape index (κ3) is 2.31. The first-order chi connectivity index (χ1) is 6.59. The Morgan fingerprint density at radius 2 is 2.00 bits per heavy atom. The fourth-order valence-corrected chi connectivity index (χ4v) is 3.08. The molecule has 0 aliphatic heterocycles. The average molecular weight is 196 g/mol. The van der Waals surface area contributed by atoms with E-state index in [1.165, 1.54) is 38.5 Å². The Morgan fingerprint density at radius 3 is 2.50 bits per heavy atom. The number of aliphatic hydroxyl groups is 1. The summed E-state index contributed by atoms with van der Waals surface area (Å²) in [5.41, 5.74) is 0.392. The van der Waals surface area contributed by atoms with Crippen molar-refractivity contribution in [3.63, 3.8) is 0 Å². The van der Waals surface area contributed by atoms with E-state index in [2.05, 4.69) is 13.8 Å². The molecule has 2 aliphatic rings. The molecule has 2 fully saturated rings. The van der Waals surface area contributed by atoms with Crippen LogP contribution in [0.1, 0.15) is 58.8 Å². The van der Waals surface area contributed by atoms with Gasteiger partial charge in [-0.2, -0.15) is 0 Å². The Morgan fingerprint density at radius 1 is 1.29 bits per heavy atom. The summed E-state index contributed by atoms with van der Waals surface area (Å²) in [6.45, 7) is 4.65. The molecule has 1 nitrogen and oxygen atoms in total. The summed E-state index contributed by atoms with van der Waals surface area (Å²) in [7, 11) is 0. The van der Waals surface area contributed by atoms with Gasteiger partial charge < -0.3 is 5.11 Å². The van der Waals surface area contributed by atoms with Gasteiger partial charge in [-0.15, -0.1) is 0 Å². The first-order valence-corrected chi connectivity index (χ1v) is 6.28. The molecule has 0 spiro atoms. The van der Waals surface area contributed by atoms with Crippen molar-refractivity contribution < 1.29 is 5.11 Å². The third-order valence-corrected chi connectivity index (χ3v) is 4.37. The lowest BCUT2D eigenvalue weighted by Gasteiger charge is -2.31. The highest BCUT2D eigenvalue weighted by molar-refractivity contribution is 4.89.